The molecule has 2 heterocycles. The first-order valence-corrected chi connectivity index (χ1v) is 6.51. The Balaban J connectivity index is 0.00000161. The first-order chi connectivity index (χ1) is 9.74. The summed E-state index contributed by atoms with van der Waals surface area (Å²) < 4.78 is 5.33. The van der Waals surface area contributed by atoms with Crippen LogP contribution in [0.4, 0.5) is 5.95 Å². The normalized spacial score (nSPS) is 10.1. The molecule has 3 aromatic rings. The number of nitrogens with two attached hydrogens (primary N) is 1. The third kappa shape index (κ3) is 3.21. The number of hydrogen-bond acceptors (Lipinski definition) is 5. The fourth-order valence-electron chi connectivity index (χ4n) is 2.00. The Morgan fingerprint density at radius 2 is 1.81 bits per heavy atom. The van der Waals surface area contributed by atoms with Gasteiger partial charge in [0, 0.05) is 6.42 Å². The van der Waals surface area contributed by atoms with E-state index < -0.39 is 0 Å². The summed E-state index contributed by atoms with van der Waals surface area (Å²) in [6, 6.07) is 13.5. The van der Waals surface area contributed by atoms with Crippen molar-refractivity contribution < 1.29 is 4.42 Å². The first kappa shape index (κ1) is 15.0. The molecule has 0 unspecified atom stereocenters. The van der Waals surface area contributed by atoms with Gasteiger partial charge in [-0.2, -0.15) is 0 Å². The third-order valence-electron chi connectivity index (χ3n) is 2.91. The molecule has 0 amide bonds. The molecule has 108 valence electrons. The molecule has 1 aromatic carbocycles. The minimum Gasteiger partial charge on any atom is -0.463 e. The van der Waals surface area contributed by atoms with Gasteiger partial charge in [-0.15, -0.1) is 0 Å². The maximum absolute atomic E-state index is 6.38. The summed E-state index contributed by atoms with van der Waals surface area (Å²) in [5.41, 5.74) is 8.09. The van der Waals surface area contributed by atoms with E-state index >= 15 is 0 Å². The van der Waals surface area contributed by atoms with Gasteiger partial charge in [-0.05, 0) is 17.7 Å². The molecule has 0 fully saturated rings. The minimum absolute atomic E-state index is 0. The Morgan fingerprint density at radius 1 is 1.05 bits per heavy atom. The number of furan rings is 1. The van der Waals surface area contributed by atoms with Crippen LogP contribution >= 0.6 is 11.6 Å². The van der Waals surface area contributed by atoms with Crippen LogP contribution in [0.5, 0.6) is 0 Å². The lowest BCUT2D eigenvalue weighted by atomic mass is 10.1. The molecule has 5 N–H and O–H groups in total. The van der Waals surface area contributed by atoms with E-state index in [-0.39, 0.29) is 12.1 Å². The van der Waals surface area contributed by atoms with Crippen molar-refractivity contribution in [3.63, 3.8) is 0 Å². The van der Waals surface area contributed by atoms with Crippen molar-refractivity contribution in [2.75, 3.05) is 5.73 Å². The SMILES string of the molecule is N.Nc1nc(Cc2ccccc2)c(Cl)c(-c2ccco2)n1. The lowest BCUT2D eigenvalue weighted by molar-refractivity contribution is 0.580. The fraction of sp³-hybridized carbons (Fsp3) is 0.0667. The molecule has 0 aliphatic heterocycles. The van der Waals surface area contributed by atoms with Gasteiger partial charge in [-0.25, -0.2) is 9.97 Å². The largest absolute Gasteiger partial charge is 0.463 e. The second-order valence-corrected chi connectivity index (χ2v) is 4.71. The monoisotopic (exact) mass is 302 g/mol. The van der Waals surface area contributed by atoms with Crippen LogP contribution in [0.25, 0.3) is 11.5 Å². The smallest absolute Gasteiger partial charge is 0.221 e. The molecular formula is C15H15ClN4O. The van der Waals surface area contributed by atoms with E-state index in [2.05, 4.69) is 9.97 Å². The molecule has 6 heteroatoms. The van der Waals surface area contributed by atoms with Gasteiger partial charge in [-0.1, -0.05) is 41.9 Å². The second kappa shape index (κ2) is 6.39. The number of halogens is 1. The first-order valence-electron chi connectivity index (χ1n) is 6.14. The zero-order valence-electron chi connectivity index (χ0n) is 11.3. The molecule has 3 rings (SSSR count). The molecule has 21 heavy (non-hydrogen) atoms. The standard InChI is InChI=1S/C15H12ClN3O.H3N/c16-13-11(9-10-5-2-1-3-6-10)18-15(17)19-14(13)12-7-4-8-20-12;/h1-8H,9H2,(H2,17,18,19);1H3. The van der Waals surface area contributed by atoms with Crippen molar-refractivity contribution in [2.24, 2.45) is 0 Å². The minimum atomic E-state index is 0. The summed E-state index contributed by atoms with van der Waals surface area (Å²) in [4.78, 5) is 8.39. The van der Waals surface area contributed by atoms with Gasteiger partial charge >= 0.3 is 0 Å². The van der Waals surface area contributed by atoms with E-state index in [0.29, 0.717) is 28.6 Å². The number of benzene rings is 1. The van der Waals surface area contributed by atoms with Gasteiger partial charge in [0.1, 0.15) is 5.69 Å². The van der Waals surface area contributed by atoms with E-state index in [1.54, 1.807) is 18.4 Å². The van der Waals surface area contributed by atoms with E-state index in [0.717, 1.165) is 5.56 Å². The van der Waals surface area contributed by atoms with E-state index in [9.17, 15) is 0 Å². The number of nitrogen functional groups attached to an aromatic ring is 1. The summed E-state index contributed by atoms with van der Waals surface area (Å²) >= 11 is 6.38. The van der Waals surface area contributed by atoms with Crippen LogP contribution in [0.15, 0.2) is 53.1 Å². The van der Waals surface area contributed by atoms with Crippen molar-refractivity contribution in [2.45, 2.75) is 6.42 Å². The summed E-state index contributed by atoms with van der Waals surface area (Å²) in [5.74, 6) is 0.769. The summed E-state index contributed by atoms with van der Waals surface area (Å²) in [6.45, 7) is 0. The van der Waals surface area contributed by atoms with Crippen LogP contribution < -0.4 is 11.9 Å². The van der Waals surface area contributed by atoms with Crippen LogP contribution in [0.2, 0.25) is 5.02 Å². The predicted octanol–water partition coefficient (Wildman–Crippen LogP) is 3.73. The number of hydrogen-bond donors (Lipinski definition) is 2. The second-order valence-electron chi connectivity index (χ2n) is 4.33. The molecule has 0 atom stereocenters. The molecular weight excluding hydrogens is 288 g/mol. The Bertz CT molecular complexity index is 714. The summed E-state index contributed by atoms with van der Waals surface area (Å²) in [7, 11) is 0. The van der Waals surface area contributed by atoms with E-state index in [1.165, 1.54) is 0 Å². The topological polar surface area (TPSA) is 99.9 Å². The molecule has 0 saturated heterocycles. The average Bonchev–Trinajstić information content (AvgIpc) is 2.97. The van der Waals surface area contributed by atoms with Crippen LogP contribution in [0, 0.1) is 0 Å². The quantitative estimate of drug-likeness (QED) is 0.768. The molecule has 2 aromatic heterocycles. The van der Waals surface area contributed by atoms with Crippen molar-refractivity contribution in [1.29, 1.82) is 0 Å². The average molecular weight is 303 g/mol. The molecule has 0 radical (unpaired) electrons. The molecule has 0 spiro atoms. The van der Waals surface area contributed by atoms with Crippen LogP contribution in [-0.2, 0) is 6.42 Å². The summed E-state index contributed by atoms with van der Waals surface area (Å²) in [6.07, 6.45) is 2.17. The van der Waals surface area contributed by atoms with Crippen molar-refractivity contribution in [3.05, 3.63) is 65.0 Å². The van der Waals surface area contributed by atoms with Gasteiger partial charge in [-0.3, -0.25) is 0 Å². The number of aromatic nitrogens is 2. The molecule has 5 nitrogen and oxygen atoms in total. The number of anilines is 1. The highest BCUT2D eigenvalue weighted by atomic mass is 35.5. The predicted molar refractivity (Wildman–Crippen MR) is 83.4 cm³/mol. The fourth-order valence-corrected chi connectivity index (χ4v) is 2.24. The summed E-state index contributed by atoms with van der Waals surface area (Å²) in [5, 5.41) is 0.470. The lowest BCUT2D eigenvalue weighted by Crippen LogP contribution is -2.03. The highest BCUT2D eigenvalue weighted by Gasteiger charge is 2.15. The number of rotatable bonds is 3. The van der Waals surface area contributed by atoms with Gasteiger partial charge in [0.25, 0.3) is 0 Å². The maximum atomic E-state index is 6.38. The molecule has 0 aliphatic carbocycles. The third-order valence-corrected chi connectivity index (χ3v) is 3.30. The van der Waals surface area contributed by atoms with E-state index in [1.807, 2.05) is 30.3 Å². The zero-order chi connectivity index (χ0) is 13.9. The van der Waals surface area contributed by atoms with Crippen molar-refractivity contribution in [3.8, 4) is 11.5 Å². The Morgan fingerprint density at radius 3 is 2.48 bits per heavy atom. The Kier molecular flexibility index (Phi) is 4.57. The number of nitrogens with zero attached hydrogens (tertiary/aromatic N) is 2. The van der Waals surface area contributed by atoms with Gasteiger partial charge in [0.15, 0.2) is 5.76 Å². The zero-order valence-corrected chi connectivity index (χ0v) is 12.0. The van der Waals surface area contributed by atoms with Gasteiger partial charge < -0.3 is 16.3 Å². The maximum Gasteiger partial charge on any atom is 0.221 e. The van der Waals surface area contributed by atoms with Crippen molar-refractivity contribution in [1.82, 2.24) is 16.1 Å². The molecule has 0 aliphatic rings. The van der Waals surface area contributed by atoms with Gasteiger partial charge in [0.05, 0.1) is 17.0 Å². The highest BCUT2D eigenvalue weighted by molar-refractivity contribution is 6.33. The molecule has 0 bridgehead atoms. The van der Waals surface area contributed by atoms with Crippen LogP contribution in [0.3, 0.4) is 0 Å². The Labute approximate surface area is 127 Å². The van der Waals surface area contributed by atoms with Crippen LogP contribution in [-0.4, -0.2) is 9.97 Å². The van der Waals surface area contributed by atoms with Crippen LogP contribution in [0.1, 0.15) is 11.3 Å². The van der Waals surface area contributed by atoms with E-state index in [4.69, 9.17) is 21.8 Å². The lowest BCUT2D eigenvalue weighted by Gasteiger charge is -2.08. The molecule has 0 saturated carbocycles. The highest BCUT2D eigenvalue weighted by Crippen LogP contribution is 2.30. The van der Waals surface area contributed by atoms with Gasteiger partial charge in [0.2, 0.25) is 5.95 Å². The van der Waals surface area contributed by atoms with Crippen molar-refractivity contribution >= 4 is 17.5 Å². The Hall–Kier alpha value is -2.37.